The van der Waals surface area contributed by atoms with E-state index in [1.54, 1.807) is 0 Å². The fourth-order valence-electron chi connectivity index (χ4n) is 2.01. The zero-order valence-electron chi connectivity index (χ0n) is 7.93. The predicted octanol–water partition coefficient (Wildman–Crippen LogP) is 2.58. The Morgan fingerprint density at radius 1 is 1.36 bits per heavy atom. The number of hydrogen-bond acceptors (Lipinski definition) is 1. The molecule has 0 radical (unpaired) electrons. The van der Waals surface area contributed by atoms with Gasteiger partial charge in [-0.1, -0.05) is 33.6 Å². The van der Waals surface area contributed by atoms with E-state index in [0.29, 0.717) is 5.92 Å². The lowest BCUT2D eigenvalue weighted by atomic mass is 9.66. The van der Waals surface area contributed by atoms with E-state index in [1.165, 1.54) is 19.3 Å². The van der Waals surface area contributed by atoms with Gasteiger partial charge in [0.05, 0.1) is 6.10 Å². The molecule has 1 heteroatoms. The summed E-state index contributed by atoms with van der Waals surface area (Å²) >= 11 is 0. The molecule has 0 bridgehead atoms. The summed E-state index contributed by atoms with van der Waals surface area (Å²) in [6.07, 6.45) is 4.66. The number of aliphatic hydroxyl groups is 1. The van der Waals surface area contributed by atoms with Crippen LogP contribution >= 0.6 is 0 Å². The molecule has 0 aliphatic heterocycles. The van der Waals surface area contributed by atoms with Crippen molar-refractivity contribution < 1.29 is 5.11 Å². The molecule has 1 fully saturated rings. The molecule has 0 amide bonds. The van der Waals surface area contributed by atoms with Gasteiger partial charge in [0.25, 0.3) is 0 Å². The summed E-state index contributed by atoms with van der Waals surface area (Å²) in [5.74, 6) is 0.609. The lowest BCUT2D eigenvalue weighted by Crippen LogP contribution is -2.39. The monoisotopic (exact) mass is 156 g/mol. The third-order valence-electron chi connectivity index (χ3n) is 3.52. The van der Waals surface area contributed by atoms with Crippen LogP contribution in [0.2, 0.25) is 0 Å². The molecule has 0 spiro atoms. The first-order valence-corrected chi connectivity index (χ1v) is 4.75. The Balaban J connectivity index is 2.64. The van der Waals surface area contributed by atoms with Crippen LogP contribution in [-0.4, -0.2) is 11.2 Å². The van der Waals surface area contributed by atoms with Crippen molar-refractivity contribution in [2.75, 3.05) is 0 Å². The highest BCUT2D eigenvalue weighted by Crippen LogP contribution is 2.41. The molecule has 0 aromatic rings. The zero-order chi connectivity index (χ0) is 8.48. The lowest BCUT2D eigenvalue weighted by molar-refractivity contribution is -0.0302. The second-order valence-electron chi connectivity index (χ2n) is 4.42. The average molecular weight is 156 g/mol. The molecule has 0 aromatic heterocycles. The van der Waals surface area contributed by atoms with Crippen molar-refractivity contribution in [1.82, 2.24) is 0 Å². The van der Waals surface area contributed by atoms with Crippen LogP contribution in [0.15, 0.2) is 0 Å². The van der Waals surface area contributed by atoms with Gasteiger partial charge in [0, 0.05) is 0 Å². The van der Waals surface area contributed by atoms with Gasteiger partial charge in [-0.25, -0.2) is 0 Å². The van der Waals surface area contributed by atoms with Crippen LogP contribution in [0, 0.1) is 11.3 Å². The zero-order valence-corrected chi connectivity index (χ0v) is 7.93. The van der Waals surface area contributed by atoms with Crippen LogP contribution in [0.3, 0.4) is 0 Å². The van der Waals surface area contributed by atoms with Crippen LogP contribution < -0.4 is 0 Å². The Bertz CT molecular complexity index is 131. The Labute approximate surface area is 69.8 Å². The molecule has 2 unspecified atom stereocenters. The quantitative estimate of drug-likeness (QED) is 0.618. The molecule has 1 rings (SSSR count). The van der Waals surface area contributed by atoms with Crippen LogP contribution in [0.5, 0.6) is 0 Å². The maximum absolute atomic E-state index is 9.80. The van der Waals surface area contributed by atoms with Gasteiger partial charge in [-0.3, -0.25) is 0 Å². The Kier molecular flexibility index (Phi) is 2.58. The highest BCUT2D eigenvalue weighted by atomic mass is 16.3. The van der Waals surface area contributed by atoms with Gasteiger partial charge in [0.1, 0.15) is 0 Å². The van der Waals surface area contributed by atoms with Crippen LogP contribution in [0.25, 0.3) is 0 Å². The van der Waals surface area contributed by atoms with Gasteiger partial charge in [-0.15, -0.1) is 0 Å². The molecule has 11 heavy (non-hydrogen) atoms. The summed E-state index contributed by atoms with van der Waals surface area (Å²) in [7, 11) is 0. The molecule has 66 valence electrons. The third kappa shape index (κ3) is 1.58. The summed E-state index contributed by atoms with van der Waals surface area (Å²) in [5.41, 5.74) is 0.193. The summed E-state index contributed by atoms with van der Waals surface area (Å²) in [4.78, 5) is 0. The molecule has 0 saturated heterocycles. The largest absolute Gasteiger partial charge is 0.393 e. The van der Waals surface area contributed by atoms with Gasteiger partial charge in [-0.2, -0.15) is 0 Å². The van der Waals surface area contributed by atoms with Gasteiger partial charge < -0.3 is 5.11 Å². The second-order valence-corrected chi connectivity index (χ2v) is 4.42. The lowest BCUT2D eigenvalue weighted by Gasteiger charge is -2.41. The SMILES string of the molecule is CC(C)C1(C)CCCCC1O. The van der Waals surface area contributed by atoms with Crippen molar-refractivity contribution in [3.63, 3.8) is 0 Å². The van der Waals surface area contributed by atoms with Gasteiger partial charge in [-0.05, 0) is 24.2 Å². The molecule has 0 aromatic carbocycles. The van der Waals surface area contributed by atoms with E-state index < -0.39 is 0 Å². The molecule has 1 aliphatic rings. The van der Waals surface area contributed by atoms with Crippen LogP contribution in [-0.2, 0) is 0 Å². The average Bonchev–Trinajstić information content (AvgIpc) is 1.95. The fraction of sp³-hybridized carbons (Fsp3) is 1.00. The van der Waals surface area contributed by atoms with Gasteiger partial charge in [0.15, 0.2) is 0 Å². The van der Waals surface area contributed by atoms with Crippen LogP contribution in [0.1, 0.15) is 46.5 Å². The molecule has 2 atom stereocenters. The number of rotatable bonds is 1. The highest BCUT2D eigenvalue weighted by molar-refractivity contribution is 4.88. The van der Waals surface area contributed by atoms with E-state index in [2.05, 4.69) is 20.8 Å². The molecule has 1 saturated carbocycles. The van der Waals surface area contributed by atoms with Gasteiger partial charge >= 0.3 is 0 Å². The predicted molar refractivity (Wildman–Crippen MR) is 47.4 cm³/mol. The molecule has 1 nitrogen and oxygen atoms in total. The highest BCUT2D eigenvalue weighted by Gasteiger charge is 2.37. The van der Waals surface area contributed by atoms with Crippen molar-refractivity contribution in [1.29, 1.82) is 0 Å². The smallest absolute Gasteiger partial charge is 0.0596 e. The third-order valence-corrected chi connectivity index (χ3v) is 3.52. The van der Waals surface area contributed by atoms with E-state index in [4.69, 9.17) is 0 Å². The Morgan fingerprint density at radius 3 is 2.36 bits per heavy atom. The van der Waals surface area contributed by atoms with Crippen molar-refractivity contribution in [2.24, 2.45) is 11.3 Å². The molecule has 1 N–H and O–H groups in total. The minimum Gasteiger partial charge on any atom is -0.393 e. The van der Waals surface area contributed by atoms with Crippen molar-refractivity contribution >= 4 is 0 Å². The topological polar surface area (TPSA) is 20.2 Å². The Hall–Kier alpha value is -0.0400. The van der Waals surface area contributed by atoms with E-state index in [0.717, 1.165) is 6.42 Å². The first-order chi connectivity index (χ1) is 5.07. The summed E-state index contributed by atoms with van der Waals surface area (Å²) in [5, 5.41) is 9.80. The van der Waals surface area contributed by atoms with Crippen molar-refractivity contribution in [2.45, 2.75) is 52.6 Å². The first-order valence-electron chi connectivity index (χ1n) is 4.75. The first kappa shape index (κ1) is 9.05. The van der Waals surface area contributed by atoms with E-state index in [-0.39, 0.29) is 11.5 Å². The van der Waals surface area contributed by atoms with Crippen molar-refractivity contribution in [3.05, 3.63) is 0 Å². The normalized spacial score (nSPS) is 39.5. The molecular weight excluding hydrogens is 136 g/mol. The summed E-state index contributed by atoms with van der Waals surface area (Å²) in [6.45, 7) is 6.66. The maximum Gasteiger partial charge on any atom is 0.0596 e. The summed E-state index contributed by atoms with van der Waals surface area (Å²) < 4.78 is 0. The minimum atomic E-state index is -0.0590. The van der Waals surface area contributed by atoms with Crippen molar-refractivity contribution in [3.8, 4) is 0 Å². The summed E-state index contributed by atoms with van der Waals surface area (Å²) in [6, 6.07) is 0. The standard InChI is InChI=1S/C10H20O/c1-8(2)10(3)7-5-4-6-9(10)11/h8-9,11H,4-7H2,1-3H3. The van der Waals surface area contributed by atoms with E-state index in [9.17, 15) is 5.11 Å². The minimum absolute atomic E-state index is 0.0590. The molecule has 0 heterocycles. The van der Waals surface area contributed by atoms with Gasteiger partial charge in [0.2, 0.25) is 0 Å². The second kappa shape index (κ2) is 3.14. The molecule has 1 aliphatic carbocycles. The maximum atomic E-state index is 9.80. The Morgan fingerprint density at radius 2 is 2.00 bits per heavy atom. The van der Waals surface area contributed by atoms with E-state index in [1.807, 2.05) is 0 Å². The fourth-order valence-corrected chi connectivity index (χ4v) is 2.01. The van der Waals surface area contributed by atoms with E-state index >= 15 is 0 Å². The molecular formula is C10H20O. The number of aliphatic hydroxyl groups excluding tert-OH is 1. The van der Waals surface area contributed by atoms with Crippen LogP contribution in [0.4, 0.5) is 0 Å². The number of hydrogen-bond donors (Lipinski definition) is 1.